The van der Waals surface area contributed by atoms with Crippen molar-refractivity contribution in [3.05, 3.63) is 30.6 Å². The van der Waals surface area contributed by atoms with Crippen LogP contribution in [0.4, 0.5) is 0 Å². The lowest BCUT2D eigenvalue weighted by molar-refractivity contribution is -0.645. The highest BCUT2D eigenvalue weighted by Gasteiger charge is 2.10. The quantitative estimate of drug-likeness (QED) is 0.554. The van der Waals surface area contributed by atoms with E-state index in [1.807, 2.05) is 19.2 Å². The molecule has 0 spiro atoms. The van der Waals surface area contributed by atoms with E-state index in [4.69, 9.17) is 11.6 Å². The number of aromatic nitrogens is 2. The number of nitrogens with zero attached hydrogens (tertiary/aromatic N) is 2. The molecule has 0 amide bonds. The predicted molar refractivity (Wildman–Crippen MR) is 61.1 cm³/mol. The highest BCUT2D eigenvalue weighted by atomic mass is 35.5. The molecule has 0 unspecified atom stereocenters. The normalized spacial score (nSPS) is 10.1. The summed E-state index contributed by atoms with van der Waals surface area (Å²) in [5.41, 5.74) is 2.48. The zero-order chi connectivity index (χ0) is 9.26. The number of rotatable bonds is 2. The Balaban J connectivity index is 0.000000980. The van der Waals surface area contributed by atoms with E-state index in [-0.39, 0.29) is 12.4 Å². The van der Waals surface area contributed by atoms with E-state index >= 15 is 0 Å². The first-order valence-electron chi connectivity index (χ1n) is 4.32. The van der Waals surface area contributed by atoms with Crippen molar-refractivity contribution >= 4 is 35.0 Å². The largest absolute Gasteiger partial charge is 0.244 e. The molecule has 2 aromatic rings. The van der Waals surface area contributed by atoms with Gasteiger partial charge in [0, 0.05) is 0 Å². The average Bonchev–Trinajstić information content (AvgIpc) is 2.46. The van der Waals surface area contributed by atoms with Crippen molar-refractivity contribution in [2.45, 2.75) is 6.54 Å². The van der Waals surface area contributed by atoms with Crippen molar-refractivity contribution in [3.63, 3.8) is 0 Å². The minimum Gasteiger partial charge on any atom is -0.233 e. The third-order valence-corrected chi connectivity index (χ3v) is 2.38. The van der Waals surface area contributed by atoms with Crippen LogP contribution in [-0.4, -0.2) is 10.4 Å². The van der Waals surface area contributed by atoms with Gasteiger partial charge in [-0.05, 0) is 12.1 Å². The van der Waals surface area contributed by atoms with Gasteiger partial charge in [0.15, 0.2) is 11.0 Å². The Morgan fingerprint density at radius 1 is 1.36 bits per heavy atom. The molecule has 0 aliphatic heterocycles. The second-order valence-corrected chi connectivity index (χ2v) is 3.48. The van der Waals surface area contributed by atoms with Crippen molar-refractivity contribution in [1.82, 2.24) is 4.57 Å². The van der Waals surface area contributed by atoms with E-state index in [1.165, 1.54) is 11.0 Å². The van der Waals surface area contributed by atoms with Crippen molar-refractivity contribution in [2.24, 2.45) is 7.05 Å². The second-order valence-electron chi connectivity index (χ2n) is 3.10. The zero-order valence-electron chi connectivity index (χ0n) is 7.98. The summed E-state index contributed by atoms with van der Waals surface area (Å²) in [6.07, 6.45) is 2.08. The van der Waals surface area contributed by atoms with Gasteiger partial charge < -0.3 is 0 Å². The molecule has 4 heteroatoms. The smallest absolute Gasteiger partial charge is 0.233 e. The average molecular weight is 232 g/mol. The lowest BCUT2D eigenvalue weighted by atomic mass is 10.3. The lowest BCUT2D eigenvalue weighted by Crippen LogP contribution is -2.25. The van der Waals surface area contributed by atoms with Crippen LogP contribution in [0.15, 0.2) is 30.6 Å². The Labute approximate surface area is 94.5 Å². The number of para-hydroxylation sites is 2. The number of benzene rings is 1. The number of imidazole rings is 1. The van der Waals surface area contributed by atoms with Gasteiger partial charge in [0.25, 0.3) is 0 Å². The van der Waals surface area contributed by atoms with Crippen molar-refractivity contribution < 1.29 is 4.57 Å². The number of halogens is 2. The van der Waals surface area contributed by atoms with E-state index in [2.05, 4.69) is 27.6 Å². The molecule has 0 atom stereocenters. The van der Waals surface area contributed by atoms with Gasteiger partial charge in [-0.3, -0.25) is 0 Å². The second kappa shape index (κ2) is 4.67. The minimum absolute atomic E-state index is 0. The monoisotopic (exact) mass is 231 g/mol. The first-order valence-corrected chi connectivity index (χ1v) is 4.86. The Morgan fingerprint density at radius 2 is 2.07 bits per heavy atom. The third kappa shape index (κ3) is 1.86. The molecular weight excluding hydrogens is 219 g/mol. The summed E-state index contributed by atoms with van der Waals surface area (Å²) in [7, 11) is 2.05. The standard InChI is InChI=1S/C10H12ClN2.ClH/c1-12-8-13(7-6-11)10-5-3-2-4-9(10)12;/h2-5,8H,6-7H2,1H3;1H/q+1;. The maximum absolute atomic E-state index is 5.72. The molecule has 2 nitrogen and oxygen atoms in total. The first kappa shape index (κ1) is 11.3. The van der Waals surface area contributed by atoms with Gasteiger partial charge in [0.05, 0.1) is 12.9 Å². The third-order valence-electron chi connectivity index (χ3n) is 2.21. The molecule has 1 aromatic carbocycles. The van der Waals surface area contributed by atoms with Crippen LogP contribution in [-0.2, 0) is 13.6 Å². The molecule has 0 aliphatic carbocycles. The maximum Gasteiger partial charge on any atom is 0.244 e. The lowest BCUT2D eigenvalue weighted by Gasteiger charge is -1.90. The highest BCUT2D eigenvalue weighted by molar-refractivity contribution is 6.17. The van der Waals surface area contributed by atoms with Gasteiger partial charge in [-0.2, -0.15) is 0 Å². The summed E-state index contributed by atoms with van der Waals surface area (Å²) in [6.45, 7) is 0.864. The number of hydrogen-bond donors (Lipinski definition) is 0. The van der Waals surface area contributed by atoms with Gasteiger partial charge in [-0.1, -0.05) is 12.1 Å². The zero-order valence-corrected chi connectivity index (χ0v) is 9.55. The summed E-state index contributed by atoms with van der Waals surface area (Å²) in [4.78, 5) is 0. The van der Waals surface area contributed by atoms with E-state index < -0.39 is 0 Å². The summed E-state index contributed by atoms with van der Waals surface area (Å²) in [5.74, 6) is 0.651. The van der Waals surface area contributed by atoms with Crippen LogP contribution in [0.3, 0.4) is 0 Å². The van der Waals surface area contributed by atoms with Crippen LogP contribution in [0.5, 0.6) is 0 Å². The fourth-order valence-electron chi connectivity index (χ4n) is 1.61. The Morgan fingerprint density at radius 3 is 2.79 bits per heavy atom. The summed E-state index contributed by atoms with van der Waals surface area (Å²) in [5, 5.41) is 0. The number of fused-ring (bicyclic) bond motifs is 1. The van der Waals surface area contributed by atoms with Crippen LogP contribution >= 0.6 is 24.0 Å². The number of aryl methyl sites for hydroxylation is 2. The molecule has 0 fully saturated rings. The van der Waals surface area contributed by atoms with Crippen LogP contribution < -0.4 is 4.57 Å². The molecule has 0 radical (unpaired) electrons. The molecule has 0 N–H and O–H groups in total. The Kier molecular flexibility index (Phi) is 3.78. The van der Waals surface area contributed by atoms with E-state index in [1.54, 1.807) is 0 Å². The molecule has 2 rings (SSSR count). The molecule has 1 aromatic heterocycles. The van der Waals surface area contributed by atoms with Crippen LogP contribution in [0.2, 0.25) is 0 Å². The van der Waals surface area contributed by atoms with Gasteiger partial charge in [-0.15, -0.1) is 24.0 Å². The van der Waals surface area contributed by atoms with Gasteiger partial charge >= 0.3 is 0 Å². The fraction of sp³-hybridized carbons (Fsp3) is 0.300. The molecular formula is C10H13Cl2N2+. The molecule has 76 valence electrons. The first-order chi connectivity index (χ1) is 6.33. The maximum atomic E-state index is 5.72. The van der Waals surface area contributed by atoms with Crippen molar-refractivity contribution in [2.75, 3.05) is 5.88 Å². The Bertz CT molecular complexity index is 423. The number of alkyl halides is 1. The highest BCUT2D eigenvalue weighted by Crippen LogP contribution is 2.09. The van der Waals surface area contributed by atoms with E-state index in [9.17, 15) is 0 Å². The van der Waals surface area contributed by atoms with Gasteiger partial charge in [-0.25, -0.2) is 9.13 Å². The van der Waals surface area contributed by atoms with E-state index in [0.717, 1.165) is 6.54 Å². The molecule has 14 heavy (non-hydrogen) atoms. The van der Waals surface area contributed by atoms with E-state index in [0.29, 0.717) is 5.88 Å². The molecule has 0 aliphatic rings. The predicted octanol–water partition coefficient (Wildman–Crippen LogP) is 2.13. The molecule has 0 saturated carbocycles. The number of hydrogen-bond acceptors (Lipinski definition) is 0. The minimum atomic E-state index is 0. The van der Waals surface area contributed by atoms with Crippen LogP contribution in [0.25, 0.3) is 11.0 Å². The van der Waals surface area contributed by atoms with Crippen molar-refractivity contribution in [3.8, 4) is 0 Å². The fourth-order valence-corrected chi connectivity index (χ4v) is 1.79. The SMILES string of the molecule is C[n+]1cn(CCCl)c2ccccc21.Cl. The van der Waals surface area contributed by atoms with Gasteiger partial charge in [0.1, 0.15) is 6.54 Å². The topological polar surface area (TPSA) is 8.81 Å². The molecule has 0 saturated heterocycles. The summed E-state index contributed by atoms with van der Waals surface area (Å²) < 4.78 is 4.28. The van der Waals surface area contributed by atoms with Crippen molar-refractivity contribution in [1.29, 1.82) is 0 Å². The summed E-state index contributed by atoms with van der Waals surface area (Å²) >= 11 is 5.72. The van der Waals surface area contributed by atoms with Gasteiger partial charge in [0.2, 0.25) is 6.33 Å². The van der Waals surface area contributed by atoms with Crippen LogP contribution in [0, 0.1) is 0 Å². The summed E-state index contributed by atoms with van der Waals surface area (Å²) in [6, 6.07) is 8.32. The molecule has 1 heterocycles. The van der Waals surface area contributed by atoms with Crippen LogP contribution in [0.1, 0.15) is 0 Å². The Hall–Kier alpha value is -0.730. The molecule has 0 bridgehead atoms.